The van der Waals surface area contributed by atoms with Gasteiger partial charge in [0.15, 0.2) is 0 Å². The monoisotopic (exact) mass is 253 g/mol. The first kappa shape index (κ1) is 14.2. The largest absolute Gasteiger partial charge is 0.507 e. The molecule has 0 saturated heterocycles. The van der Waals surface area contributed by atoms with Gasteiger partial charge in [0.25, 0.3) is 5.91 Å². The highest BCUT2D eigenvalue weighted by Gasteiger charge is 2.10. The topological polar surface area (TPSA) is 58.6 Å². The van der Waals surface area contributed by atoms with E-state index in [1.807, 2.05) is 6.92 Å². The first-order chi connectivity index (χ1) is 8.50. The number of halogens is 1. The van der Waals surface area contributed by atoms with Crippen LogP contribution in [0.1, 0.15) is 17.3 Å². The maximum atomic E-state index is 12.7. The van der Waals surface area contributed by atoms with Gasteiger partial charge in [0.1, 0.15) is 11.6 Å². The number of aromatic hydroxyl groups is 1. The van der Waals surface area contributed by atoms with Gasteiger partial charge < -0.3 is 15.2 Å². The first-order valence-corrected chi connectivity index (χ1v) is 5.49. The van der Waals surface area contributed by atoms with Crippen LogP contribution in [0.3, 0.4) is 0 Å². The van der Waals surface area contributed by atoms with Crippen molar-refractivity contribution in [3.05, 3.63) is 41.7 Å². The third kappa shape index (κ3) is 4.55. The van der Waals surface area contributed by atoms with Crippen LogP contribution in [0.5, 0.6) is 5.75 Å². The van der Waals surface area contributed by atoms with E-state index in [4.69, 9.17) is 4.74 Å². The Kier molecular flexibility index (Phi) is 5.32. The molecular formula is C13H16FNO3. The molecule has 0 heterocycles. The molecule has 0 fully saturated rings. The molecule has 0 aliphatic carbocycles. The lowest BCUT2D eigenvalue weighted by Crippen LogP contribution is -2.27. The van der Waals surface area contributed by atoms with Gasteiger partial charge in [-0.3, -0.25) is 4.79 Å². The fraction of sp³-hybridized carbons (Fsp3) is 0.308. The molecule has 1 aromatic rings. The quantitative estimate of drug-likeness (QED) is 0.601. The summed E-state index contributed by atoms with van der Waals surface area (Å²) in [5, 5.41) is 12.0. The molecule has 4 nitrogen and oxygen atoms in total. The Morgan fingerprint density at radius 1 is 1.56 bits per heavy atom. The molecule has 5 heteroatoms. The van der Waals surface area contributed by atoms with Crippen molar-refractivity contribution >= 4 is 5.91 Å². The standard InChI is InChI=1S/C13H16FNO3/c1-9(2)8-18-6-5-15-13(17)11-4-3-10(14)7-12(11)16/h3-4,7,16H,1,5-6,8H2,2H3,(H,15,17). The molecule has 0 bridgehead atoms. The Morgan fingerprint density at radius 3 is 2.89 bits per heavy atom. The molecular weight excluding hydrogens is 237 g/mol. The predicted molar refractivity (Wildman–Crippen MR) is 66.0 cm³/mol. The van der Waals surface area contributed by atoms with Crippen molar-refractivity contribution in [1.82, 2.24) is 5.32 Å². The van der Waals surface area contributed by atoms with Gasteiger partial charge in [-0.05, 0) is 19.1 Å². The van der Waals surface area contributed by atoms with Crippen molar-refractivity contribution in [2.45, 2.75) is 6.92 Å². The molecule has 0 radical (unpaired) electrons. The summed E-state index contributed by atoms with van der Waals surface area (Å²) in [6.07, 6.45) is 0. The molecule has 1 rings (SSSR count). The number of phenols is 1. The Hall–Kier alpha value is -1.88. The lowest BCUT2D eigenvalue weighted by molar-refractivity contribution is 0.0924. The number of ether oxygens (including phenoxy) is 1. The number of hydrogen-bond acceptors (Lipinski definition) is 3. The van der Waals surface area contributed by atoms with Gasteiger partial charge in [0, 0.05) is 12.6 Å². The second kappa shape index (κ2) is 6.76. The molecule has 1 aromatic carbocycles. The maximum absolute atomic E-state index is 12.7. The fourth-order valence-electron chi connectivity index (χ4n) is 1.28. The zero-order valence-electron chi connectivity index (χ0n) is 10.2. The van der Waals surface area contributed by atoms with Crippen LogP contribution in [0.2, 0.25) is 0 Å². The van der Waals surface area contributed by atoms with Crippen LogP contribution < -0.4 is 5.32 Å². The van der Waals surface area contributed by atoms with Crippen LogP contribution in [0.15, 0.2) is 30.4 Å². The van der Waals surface area contributed by atoms with Gasteiger partial charge >= 0.3 is 0 Å². The van der Waals surface area contributed by atoms with Crippen molar-refractivity contribution in [3.63, 3.8) is 0 Å². The van der Waals surface area contributed by atoms with Crippen molar-refractivity contribution in [1.29, 1.82) is 0 Å². The van der Waals surface area contributed by atoms with Gasteiger partial charge in [0.2, 0.25) is 0 Å². The number of benzene rings is 1. The van der Waals surface area contributed by atoms with E-state index in [9.17, 15) is 14.3 Å². The zero-order chi connectivity index (χ0) is 13.5. The number of hydrogen-bond donors (Lipinski definition) is 2. The SMILES string of the molecule is C=C(C)COCCNC(=O)c1ccc(F)cc1O. The summed E-state index contributed by atoms with van der Waals surface area (Å²) in [5.41, 5.74) is 0.939. The van der Waals surface area contributed by atoms with Crippen molar-refractivity contribution in [3.8, 4) is 5.75 Å². The Bertz CT molecular complexity index is 446. The summed E-state index contributed by atoms with van der Waals surface area (Å²) >= 11 is 0. The van der Waals surface area contributed by atoms with E-state index in [0.717, 1.165) is 17.7 Å². The van der Waals surface area contributed by atoms with Gasteiger partial charge in [-0.25, -0.2) is 4.39 Å². The van der Waals surface area contributed by atoms with Crippen LogP contribution in [0.4, 0.5) is 4.39 Å². The number of carbonyl (C=O) groups is 1. The third-order valence-corrected chi connectivity index (χ3v) is 2.08. The minimum atomic E-state index is -0.589. The van der Waals surface area contributed by atoms with Crippen LogP contribution in [-0.2, 0) is 4.74 Å². The normalized spacial score (nSPS) is 10.1. The molecule has 0 aliphatic heterocycles. The molecule has 0 saturated carbocycles. The molecule has 0 atom stereocenters. The Labute approximate surface area is 105 Å². The minimum Gasteiger partial charge on any atom is -0.507 e. The minimum absolute atomic E-state index is 0.0382. The number of amides is 1. The molecule has 0 unspecified atom stereocenters. The van der Waals surface area contributed by atoms with E-state index in [0.29, 0.717) is 19.8 Å². The van der Waals surface area contributed by atoms with E-state index in [1.165, 1.54) is 6.07 Å². The highest BCUT2D eigenvalue weighted by Crippen LogP contribution is 2.17. The van der Waals surface area contributed by atoms with E-state index in [2.05, 4.69) is 11.9 Å². The lowest BCUT2D eigenvalue weighted by Gasteiger charge is -2.07. The summed E-state index contributed by atoms with van der Waals surface area (Å²) in [5.74, 6) is -1.43. The van der Waals surface area contributed by atoms with E-state index >= 15 is 0 Å². The molecule has 0 aliphatic rings. The second-order valence-corrected chi connectivity index (χ2v) is 3.93. The van der Waals surface area contributed by atoms with E-state index < -0.39 is 11.7 Å². The molecule has 98 valence electrons. The van der Waals surface area contributed by atoms with Gasteiger partial charge in [-0.2, -0.15) is 0 Å². The molecule has 2 N–H and O–H groups in total. The summed E-state index contributed by atoms with van der Waals surface area (Å²) in [6, 6.07) is 3.24. The maximum Gasteiger partial charge on any atom is 0.255 e. The average molecular weight is 253 g/mol. The van der Waals surface area contributed by atoms with Gasteiger partial charge in [-0.15, -0.1) is 0 Å². The third-order valence-electron chi connectivity index (χ3n) is 2.08. The van der Waals surface area contributed by atoms with Crippen LogP contribution >= 0.6 is 0 Å². The predicted octanol–water partition coefficient (Wildman–Crippen LogP) is 1.85. The van der Waals surface area contributed by atoms with Gasteiger partial charge in [-0.1, -0.05) is 12.2 Å². The zero-order valence-corrected chi connectivity index (χ0v) is 10.2. The highest BCUT2D eigenvalue weighted by molar-refractivity contribution is 5.96. The summed E-state index contributed by atoms with van der Waals surface area (Å²) in [7, 11) is 0. The summed E-state index contributed by atoms with van der Waals surface area (Å²) < 4.78 is 17.9. The highest BCUT2D eigenvalue weighted by atomic mass is 19.1. The van der Waals surface area contributed by atoms with Crippen LogP contribution in [0.25, 0.3) is 0 Å². The second-order valence-electron chi connectivity index (χ2n) is 3.93. The van der Waals surface area contributed by atoms with Crippen LogP contribution in [-0.4, -0.2) is 30.8 Å². The smallest absolute Gasteiger partial charge is 0.255 e. The molecule has 0 aromatic heterocycles. The van der Waals surface area contributed by atoms with Gasteiger partial charge in [0.05, 0.1) is 18.8 Å². The molecule has 1 amide bonds. The van der Waals surface area contributed by atoms with Crippen LogP contribution in [0, 0.1) is 5.82 Å². The first-order valence-electron chi connectivity index (χ1n) is 5.49. The number of rotatable bonds is 6. The average Bonchev–Trinajstić information content (AvgIpc) is 2.27. The summed E-state index contributed by atoms with van der Waals surface area (Å²) in [6.45, 7) is 6.62. The summed E-state index contributed by atoms with van der Waals surface area (Å²) in [4.78, 5) is 11.6. The van der Waals surface area contributed by atoms with Crippen molar-refractivity contribution in [2.24, 2.45) is 0 Å². The Morgan fingerprint density at radius 2 is 2.28 bits per heavy atom. The Balaban J connectivity index is 2.39. The number of phenolic OH excluding ortho intramolecular Hbond substituents is 1. The molecule has 18 heavy (non-hydrogen) atoms. The lowest BCUT2D eigenvalue weighted by atomic mass is 10.2. The number of carbonyl (C=O) groups excluding carboxylic acids is 1. The van der Waals surface area contributed by atoms with E-state index in [1.54, 1.807) is 0 Å². The molecule has 0 spiro atoms. The fourth-order valence-corrected chi connectivity index (χ4v) is 1.28. The van der Waals surface area contributed by atoms with Crippen molar-refractivity contribution in [2.75, 3.05) is 19.8 Å². The number of nitrogens with one attached hydrogen (secondary N) is 1. The van der Waals surface area contributed by atoms with Crippen molar-refractivity contribution < 1.29 is 19.0 Å². The van der Waals surface area contributed by atoms with E-state index in [-0.39, 0.29) is 11.3 Å².